The Kier molecular flexibility index (Phi) is 9.43. The zero-order valence-electron chi connectivity index (χ0n) is 20.1. The molecule has 1 N–H and O–H groups in total. The number of nitrogens with zero attached hydrogens (tertiary/aromatic N) is 2. The van der Waals surface area contributed by atoms with Gasteiger partial charge in [-0.25, -0.2) is 12.8 Å². The van der Waals surface area contributed by atoms with Crippen LogP contribution in [0.15, 0.2) is 48.5 Å². The molecule has 8 nitrogen and oxygen atoms in total. The zero-order chi connectivity index (χ0) is 25.5. The third kappa shape index (κ3) is 7.44. The van der Waals surface area contributed by atoms with E-state index in [2.05, 4.69) is 5.32 Å². The van der Waals surface area contributed by atoms with Crippen LogP contribution in [-0.2, 0) is 26.2 Å². The number of nitrogens with one attached hydrogen (secondary N) is 1. The van der Waals surface area contributed by atoms with Crippen LogP contribution < -0.4 is 14.4 Å². The Labute approximate surface area is 200 Å². The highest BCUT2D eigenvalue weighted by Crippen LogP contribution is 2.23. The van der Waals surface area contributed by atoms with E-state index in [1.807, 2.05) is 13.8 Å². The molecule has 34 heavy (non-hydrogen) atoms. The van der Waals surface area contributed by atoms with Crippen molar-refractivity contribution in [3.63, 3.8) is 0 Å². The lowest BCUT2D eigenvalue weighted by Crippen LogP contribution is -2.52. The first-order valence-corrected chi connectivity index (χ1v) is 12.8. The van der Waals surface area contributed by atoms with E-state index in [0.29, 0.717) is 17.7 Å². The van der Waals surface area contributed by atoms with Crippen molar-refractivity contribution < 1.29 is 27.1 Å². The third-order valence-electron chi connectivity index (χ3n) is 5.46. The molecule has 2 aromatic rings. The van der Waals surface area contributed by atoms with Gasteiger partial charge in [0.2, 0.25) is 21.8 Å². The normalized spacial score (nSPS) is 13.0. The number of carbonyl (C=O) groups excluding carboxylic acids is 2. The fourth-order valence-electron chi connectivity index (χ4n) is 3.21. The average Bonchev–Trinajstić information content (AvgIpc) is 2.80. The standard InChI is InChI=1S/C24H32FN3O5S/c1-6-17(2)26-24(30)18(3)27(15-19-10-12-20(25)13-11-19)23(29)16-28(34(5,31)32)21-8-7-9-22(14-21)33-4/h7-14,17-18H,6,15-16H2,1-5H3,(H,26,30)/t17-,18-/m0/s1. The van der Waals surface area contributed by atoms with Crippen molar-refractivity contribution in [2.45, 2.75) is 45.8 Å². The third-order valence-corrected chi connectivity index (χ3v) is 6.60. The van der Waals surface area contributed by atoms with E-state index >= 15 is 0 Å². The summed E-state index contributed by atoms with van der Waals surface area (Å²) in [5.41, 5.74) is 0.860. The van der Waals surface area contributed by atoms with Gasteiger partial charge < -0.3 is 15.0 Å². The molecule has 0 spiro atoms. The fraction of sp³-hybridized carbons (Fsp3) is 0.417. The van der Waals surface area contributed by atoms with Crippen molar-refractivity contribution in [2.75, 3.05) is 24.2 Å². The summed E-state index contributed by atoms with van der Waals surface area (Å²) >= 11 is 0. The van der Waals surface area contributed by atoms with Gasteiger partial charge in [0.25, 0.3) is 0 Å². The molecule has 0 saturated heterocycles. The summed E-state index contributed by atoms with van der Waals surface area (Å²) in [7, 11) is -2.38. The molecule has 2 rings (SSSR count). The summed E-state index contributed by atoms with van der Waals surface area (Å²) in [4.78, 5) is 27.6. The molecule has 0 aliphatic rings. The van der Waals surface area contributed by atoms with Crippen molar-refractivity contribution in [3.05, 3.63) is 59.9 Å². The zero-order valence-corrected chi connectivity index (χ0v) is 20.9. The lowest BCUT2D eigenvalue weighted by molar-refractivity contribution is -0.139. The Bertz CT molecular complexity index is 1090. The van der Waals surface area contributed by atoms with Crippen LogP contribution in [0.5, 0.6) is 5.75 Å². The summed E-state index contributed by atoms with van der Waals surface area (Å²) in [5, 5.41) is 2.85. The molecule has 2 aromatic carbocycles. The topological polar surface area (TPSA) is 96.0 Å². The maximum Gasteiger partial charge on any atom is 0.244 e. The van der Waals surface area contributed by atoms with Gasteiger partial charge in [0, 0.05) is 18.7 Å². The lowest BCUT2D eigenvalue weighted by Gasteiger charge is -2.32. The van der Waals surface area contributed by atoms with Crippen LogP contribution in [0.1, 0.15) is 32.8 Å². The van der Waals surface area contributed by atoms with Gasteiger partial charge in [0.05, 0.1) is 19.1 Å². The molecular weight excluding hydrogens is 461 g/mol. The molecule has 0 heterocycles. The van der Waals surface area contributed by atoms with Gasteiger partial charge in [-0.3, -0.25) is 13.9 Å². The molecule has 0 saturated carbocycles. The van der Waals surface area contributed by atoms with E-state index in [0.717, 1.165) is 10.6 Å². The van der Waals surface area contributed by atoms with Gasteiger partial charge in [-0.2, -0.15) is 0 Å². The number of rotatable bonds is 11. The second-order valence-corrected chi connectivity index (χ2v) is 10.0. The molecule has 186 valence electrons. The molecule has 0 unspecified atom stereocenters. The van der Waals surface area contributed by atoms with Gasteiger partial charge in [-0.15, -0.1) is 0 Å². The van der Waals surface area contributed by atoms with Gasteiger partial charge in [0.15, 0.2) is 0 Å². The van der Waals surface area contributed by atoms with E-state index < -0.39 is 34.3 Å². The number of hydrogen-bond donors (Lipinski definition) is 1. The van der Waals surface area contributed by atoms with Crippen LogP contribution in [0.2, 0.25) is 0 Å². The SMILES string of the molecule is CC[C@H](C)NC(=O)[C@H](C)N(Cc1ccc(F)cc1)C(=O)CN(c1cccc(OC)c1)S(C)(=O)=O. The highest BCUT2D eigenvalue weighted by Gasteiger charge is 2.30. The number of hydrogen-bond acceptors (Lipinski definition) is 5. The van der Waals surface area contributed by atoms with Crippen LogP contribution in [-0.4, -0.2) is 57.1 Å². The molecule has 0 aromatic heterocycles. The van der Waals surface area contributed by atoms with E-state index in [9.17, 15) is 22.4 Å². The number of sulfonamides is 1. The number of amides is 2. The average molecular weight is 494 g/mol. The van der Waals surface area contributed by atoms with Crippen LogP contribution in [0, 0.1) is 5.82 Å². The highest BCUT2D eigenvalue weighted by molar-refractivity contribution is 7.92. The number of halogens is 1. The molecule has 10 heteroatoms. The van der Waals surface area contributed by atoms with Crippen molar-refractivity contribution in [1.82, 2.24) is 10.2 Å². The monoisotopic (exact) mass is 493 g/mol. The minimum atomic E-state index is -3.84. The van der Waals surface area contributed by atoms with E-state index in [1.165, 1.54) is 42.3 Å². The number of benzene rings is 2. The Morgan fingerprint density at radius 2 is 1.76 bits per heavy atom. The predicted octanol–water partition coefficient (Wildman–Crippen LogP) is 2.93. The van der Waals surface area contributed by atoms with E-state index in [4.69, 9.17) is 4.74 Å². The van der Waals surface area contributed by atoms with Gasteiger partial charge in [0.1, 0.15) is 24.2 Å². The summed E-state index contributed by atoms with van der Waals surface area (Å²) in [6, 6.07) is 10.9. The smallest absolute Gasteiger partial charge is 0.244 e. The summed E-state index contributed by atoms with van der Waals surface area (Å²) in [6.45, 7) is 4.84. The van der Waals surface area contributed by atoms with Crippen LogP contribution >= 0.6 is 0 Å². The largest absolute Gasteiger partial charge is 0.497 e. The Morgan fingerprint density at radius 3 is 2.32 bits per heavy atom. The van der Waals surface area contributed by atoms with Crippen molar-refractivity contribution >= 4 is 27.5 Å². The molecule has 0 aliphatic heterocycles. The van der Waals surface area contributed by atoms with Crippen LogP contribution in [0.3, 0.4) is 0 Å². The number of methoxy groups -OCH3 is 1. The van der Waals surface area contributed by atoms with Gasteiger partial charge >= 0.3 is 0 Å². The van der Waals surface area contributed by atoms with Crippen molar-refractivity contribution in [2.24, 2.45) is 0 Å². The van der Waals surface area contributed by atoms with Crippen LogP contribution in [0.4, 0.5) is 10.1 Å². The maximum atomic E-state index is 13.4. The Hall–Kier alpha value is -3.14. The lowest BCUT2D eigenvalue weighted by atomic mass is 10.1. The Morgan fingerprint density at radius 1 is 1.12 bits per heavy atom. The fourth-order valence-corrected chi connectivity index (χ4v) is 4.06. The molecule has 2 amide bonds. The molecule has 0 radical (unpaired) electrons. The molecule has 0 fully saturated rings. The summed E-state index contributed by atoms with van der Waals surface area (Å²) < 4.78 is 44.7. The molecule has 0 bridgehead atoms. The second kappa shape index (κ2) is 11.8. The first-order chi connectivity index (χ1) is 16.0. The molecule has 0 aliphatic carbocycles. The van der Waals surface area contributed by atoms with Gasteiger partial charge in [-0.05, 0) is 50.1 Å². The summed E-state index contributed by atoms with van der Waals surface area (Å²) in [5.74, 6) is -0.935. The van der Waals surface area contributed by atoms with E-state index in [-0.39, 0.29) is 24.2 Å². The molecule has 2 atom stereocenters. The summed E-state index contributed by atoms with van der Waals surface area (Å²) in [6.07, 6.45) is 1.71. The first kappa shape index (κ1) is 27.1. The van der Waals surface area contributed by atoms with Crippen molar-refractivity contribution in [1.29, 1.82) is 0 Å². The second-order valence-electron chi connectivity index (χ2n) is 8.11. The number of ether oxygens (including phenoxy) is 1. The van der Waals surface area contributed by atoms with E-state index in [1.54, 1.807) is 25.1 Å². The minimum absolute atomic E-state index is 0.00389. The minimum Gasteiger partial charge on any atom is -0.497 e. The Balaban J connectivity index is 2.38. The first-order valence-electron chi connectivity index (χ1n) is 10.9. The van der Waals surface area contributed by atoms with Crippen molar-refractivity contribution in [3.8, 4) is 5.75 Å². The number of anilines is 1. The highest BCUT2D eigenvalue weighted by atomic mass is 32.2. The molecular formula is C24H32FN3O5S. The quantitative estimate of drug-likeness (QED) is 0.519. The van der Waals surface area contributed by atoms with Crippen LogP contribution in [0.25, 0.3) is 0 Å². The number of carbonyl (C=O) groups is 2. The van der Waals surface area contributed by atoms with Gasteiger partial charge in [-0.1, -0.05) is 25.1 Å². The predicted molar refractivity (Wildman–Crippen MR) is 129 cm³/mol. The maximum absolute atomic E-state index is 13.4.